The molecule has 1 aromatic heterocycles. The Morgan fingerprint density at radius 1 is 1.42 bits per heavy atom. The van der Waals surface area contributed by atoms with Crippen molar-refractivity contribution in [3.8, 4) is 0 Å². The number of Topliss-reactive ketones (excluding diaryl/α,β-unsaturated/α-hetero) is 1. The maximum absolute atomic E-state index is 13.9. The Labute approximate surface area is 154 Å². The number of hydrogen-bond donors (Lipinski definition) is 2. The van der Waals surface area contributed by atoms with Crippen molar-refractivity contribution < 1.29 is 14.0 Å². The molecule has 0 saturated carbocycles. The normalized spacial score (nSPS) is 20.3. The van der Waals surface area contributed by atoms with Gasteiger partial charge in [-0.05, 0) is 24.3 Å². The molecule has 0 bridgehead atoms. The molecule has 2 heterocycles. The average Bonchev–Trinajstić information content (AvgIpc) is 2.63. The molecule has 2 N–H and O–H groups in total. The van der Waals surface area contributed by atoms with E-state index in [1.165, 1.54) is 11.2 Å². The third-order valence-electron chi connectivity index (χ3n) is 4.17. The number of carbonyl (C=O) groups is 2. The van der Waals surface area contributed by atoms with Crippen LogP contribution in [0.3, 0.4) is 0 Å². The number of rotatable bonds is 5. The Bertz CT molecular complexity index is 817. The first-order valence-electron chi connectivity index (χ1n) is 7.95. The minimum absolute atomic E-state index is 0.00407. The Morgan fingerprint density at radius 2 is 2.15 bits per heavy atom. The van der Waals surface area contributed by atoms with Gasteiger partial charge in [-0.2, -0.15) is 0 Å². The number of amides is 1. The van der Waals surface area contributed by atoms with Crippen LogP contribution in [0, 0.1) is 5.82 Å². The second-order valence-corrected chi connectivity index (χ2v) is 6.33. The van der Waals surface area contributed by atoms with Crippen LogP contribution in [0.5, 0.6) is 0 Å². The number of benzene rings is 1. The summed E-state index contributed by atoms with van der Waals surface area (Å²) in [6.45, 7) is -0.00407. The summed E-state index contributed by atoms with van der Waals surface area (Å²) >= 11 is 5.82. The summed E-state index contributed by atoms with van der Waals surface area (Å²) in [5.41, 5.74) is 0.627. The molecule has 1 fully saturated rings. The predicted octanol–water partition coefficient (Wildman–Crippen LogP) is 1.52. The Balaban J connectivity index is 1.68. The van der Waals surface area contributed by atoms with Gasteiger partial charge in [-0.25, -0.2) is 14.4 Å². The fourth-order valence-electron chi connectivity index (χ4n) is 2.70. The molecule has 1 aliphatic heterocycles. The highest BCUT2D eigenvalue weighted by Gasteiger charge is 2.33. The molecule has 2 unspecified atom stereocenters. The molecular formula is C17H17ClFN5O2. The maximum atomic E-state index is 13.9. The van der Waals surface area contributed by atoms with Gasteiger partial charge < -0.3 is 4.90 Å². The van der Waals surface area contributed by atoms with Crippen molar-refractivity contribution in [1.29, 1.82) is 0 Å². The lowest BCUT2D eigenvalue weighted by Crippen LogP contribution is -2.61. The smallest absolute Gasteiger partial charge is 0.226 e. The van der Waals surface area contributed by atoms with Crippen LogP contribution in [0.2, 0.25) is 5.02 Å². The van der Waals surface area contributed by atoms with Gasteiger partial charge in [-0.15, -0.1) is 0 Å². The van der Waals surface area contributed by atoms with Crippen LogP contribution in [0.15, 0.2) is 36.8 Å². The van der Waals surface area contributed by atoms with Gasteiger partial charge in [0.1, 0.15) is 12.6 Å². The van der Waals surface area contributed by atoms with Gasteiger partial charge in [0.05, 0.1) is 24.5 Å². The molecule has 1 aromatic carbocycles. The minimum Gasteiger partial charge on any atom is -0.317 e. The van der Waals surface area contributed by atoms with Crippen molar-refractivity contribution in [2.45, 2.75) is 18.8 Å². The van der Waals surface area contributed by atoms with Gasteiger partial charge in [-0.3, -0.25) is 20.2 Å². The first-order valence-corrected chi connectivity index (χ1v) is 8.33. The van der Waals surface area contributed by atoms with E-state index >= 15 is 0 Å². The van der Waals surface area contributed by atoms with Crippen molar-refractivity contribution in [2.24, 2.45) is 0 Å². The van der Waals surface area contributed by atoms with Gasteiger partial charge in [0.15, 0.2) is 11.6 Å². The summed E-state index contributed by atoms with van der Waals surface area (Å²) in [5, 5.41) is 6.62. The van der Waals surface area contributed by atoms with E-state index in [4.69, 9.17) is 11.6 Å². The molecule has 3 rings (SSSR count). The molecule has 2 atom stereocenters. The topological polar surface area (TPSA) is 87.2 Å². The second kappa shape index (κ2) is 7.86. The van der Waals surface area contributed by atoms with Gasteiger partial charge >= 0.3 is 0 Å². The molecular weight excluding hydrogens is 361 g/mol. The zero-order chi connectivity index (χ0) is 18.7. The highest BCUT2D eigenvalue weighted by Crippen LogP contribution is 2.22. The van der Waals surface area contributed by atoms with E-state index in [1.807, 2.05) is 0 Å². The van der Waals surface area contributed by atoms with Gasteiger partial charge in [0.2, 0.25) is 5.91 Å². The Morgan fingerprint density at radius 3 is 2.85 bits per heavy atom. The monoisotopic (exact) mass is 377 g/mol. The first-order chi connectivity index (χ1) is 12.5. The lowest BCUT2D eigenvalue weighted by molar-refractivity contribution is -0.137. The first kappa shape index (κ1) is 18.4. The zero-order valence-corrected chi connectivity index (χ0v) is 14.7. The van der Waals surface area contributed by atoms with Gasteiger partial charge in [0.25, 0.3) is 0 Å². The summed E-state index contributed by atoms with van der Waals surface area (Å²) in [7, 11) is 1.60. The molecule has 9 heteroatoms. The van der Waals surface area contributed by atoms with Crippen molar-refractivity contribution in [3.63, 3.8) is 0 Å². The van der Waals surface area contributed by atoms with E-state index in [1.54, 1.807) is 31.3 Å². The van der Waals surface area contributed by atoms with Crippen LogP contribution in [0.4, 0.5) is 4.39 Å². The van der Waals surface area contributed by atoms with E-state index < -0.39 is 18.1 Å². The number of aromatic nitrogens is 2. The number of nitrogens with zero attached hydrogens (tertiary/aromatic N) is 3. The summed E-state index contributed by atoms with van der Waals surface area (Å²) in [6.07, 6.45) is 1.72. The number of ketones is 1. The van der Waals surface area contributed by atoms with Crippen LogP contribution in [0.1, 0.15) is 28.5 Å². The van der Waals surface area contributed by atoms with Crippen molar-refractivity contribution in [3.05, 3.63) is 58.9 Å². The number of hydrogen-bond acceptors (Lipinski definition) is 6. The number of halogens is 2. The molecule has 0 aliphatic carbocycles. The highest BCUT2D eigenvalue weighted by atomic mass is 35.5. The Hall–Kier alpha value is -2.42. The molecule has 136 valence electrons. The van der Waals surface area contributed by atoms with Crippen molar-refractivity contribution >= 4 is 23.3 Å². The number of carbonyl (C=O) groups excluding carboxylic acids is 2. The van der Waals surface area contributed by atoms with Crippen molar-refractivity contribution in [2.75, 3.05) is 13.6 Å². The average molecular weight is 378 g/mol. The largest absolute Gasteiger partial charge is 0.317 e. The zero-order valence-electron chi connectivity index (χ0n) is 13.9. The summed E-state index contributed by atoms with van der Waals surface area (Å²) in [6, 6.07) is 5.93. The molecule has 7 nitrogen and oxygen atoms in total. The van der Waals surface area contributed by atoms with E-state index in [9.17, 15) is 14.0 Å². The molecule has 1 saturated heterocycles. The maximum Gasteiger partial charge on any atom is 0.226 e. The molecule has 1 aliphatic rings. The highest BCUT2D eigenvalue weighted by molar-refractivity contribution is 6.30. The summed E-state index contributed by atoms with van der Waals surface area (Å²) in [5.74, 6) is -0.929. The molecule has 0 spiro atoms. The number of nitrogens with one attached hydrogen (secondary N) is 2. The molecule has 2 aromatic rings. The van der Waals surface area contributed by atoms with Crippen LogP contribution >= 0.6 is 11.6 Å². The Kier molecular flexibility index (Phi) is 5.55. The van der Waals surface area contributed by atoms with Crippen LogP contribution in [-0.2, 0) is 4.79 Å². The quantitative estimate of drug-likeness (QED) is 0.768. The third kappa shape index (κ3) is 4.04. The van der Waals surface area contributed by atoms with Crippen LogP contribution in [0.25, 0.3) is 0 Å². The summed E-state index contributed by atoms with van der Waals surface area (Å²) < 4.78 is 13.9. The fourth-order valence-corrected chi connectivity index (χ4v) is 2.83. The fraction of sp³-hybridized carbons (Fsp3) is 0.294. The lowest BCUT2D eigenvalue weighted by Gasteiger charge is -2.38. The lowest BCUT2D eigenvalue weighted by atomic mass is 10.1. The molecule has 26 heavy (non-hydrogen) atoms. The molecule has 0 radical (unpaired) electrons. The minimum atomic E-state index is -0.633. The van der Waals surface area contributed by atoms with E-state index in [2.05, 4.69) is 20.6 Å². The van der Waals surface area contributed by atoms with E-state index in [0.717, 1.165) is 6.20 Å². The van der Waals surface area contributed by atoms with Crippen LogP contribution in [-0.4, -0.2) is 46.4 Å². The second-order valence-electron chi connectivity index (χ2n) is 5.90. The third-order valence-corrected chi connectivity index (χ3v) is 4.42. The van der Waals surface area contributed by atoms with Crippen LogP contribution < -0.4 is 10.6 Å². The van der Waals surface area contributed by atoms with Gasteiger partial charge in [0, 0.05) is 24.1 Å². The predicted molar refractivity (Wildman–Crippen MR) is 92.8 cm³/mol. The van der Waals surface area contributed by atoms with E-state index in [0.29, 0.717) is 10.6 Å². The van der Waals surface area contributed by atoms with Crippen molar-refractivity contribution in [1.82, 2.24) is 25.5 Å². The summed E-state index contributed by atoms with van der Waals surface area (Å²) in [4.78, 5) is 33.5. The standard InChI is InChI=1S/C17H17ClFN5O2/c1-24-15(26)6-13(16-12(19)7-20-9-22-16)23-17(24)21-8-14(25)10-2-4-11(18)5-3-10/h2-5,7,9,13,17,21,23H,6,8H2,1H3. The molecule has 1 amide bonds. The van der Waals surface area contributed by atoms with Gasteiger partial charge in [-0.1, -0.05) is 11.6 Å². The van der Waals surface area contributed by atoms with E-state index in [-0.39, 0.29) is 30.3 Å². The SMILES string of the molecule is CN1C(=O)CC(c2ncncc2F)NC1NCC(=O)c1ccc(Cl)cc1.